The topological polar surface area (TPSA) is 51.6 Å². The van der Waals surface area contributed by atoms with E-state index in [-0.39, 0.29) is 0 Å². The minimum Gasteiger partial charge on any atom is -0.260 e. The molecule has 70 valence electrons. The first-order valence-corrected chi connectivity index (χ1v) is 4.95. The molecule has 0 atom stereocenters. The highest BCUT2D eigenvalue weighted by atomic mass is 35.5. The molecule has 2 aromatic rings. The fraction of sp³-hybridized carbons (Fsp3) is 0. The van der Waals surface area contributed by atoms with Gasteiger partial charge in [0.25, 0.3) is 0 Å². The van der Waals surface area contributed by atoms with E-state index in [2.05, 4.69) is 19.9 Å². The van der Waals surface area contributed by atoms with Crippen LogP contribution < -0.4 is 0 Å². The highest BCUT2D eigenvalue weighted by Crippen LogP contribution is 2.22. The lowest BCUT2D eigenvalue weighted by Crippen LogP contribution is -1.85. The van der Waals surface area contributed by atoms with E-state index in [4.69, 9.17) is 11.6 Å². The first kappa shape index (κ1) is 9.36. The van der Waals surface area contributed by atoms with Crippen molar-refractivity contribution in [2.75, 3.05) is 0 Å². The Morgan fingerprint density at radius 1 is 1.00 bits per heavy atom. The third kappa shape index (κ3) is 2.40. The van der Waals surface area contributed by atoms with Gasteiger partial charge in [0.2, 0.25) is 0 Å². The highest BCUT2D eigenvalue weighted by Gasteiger charge is 2.00. The van der Waals surface area contributed by atoms with E-state index in [9.17, 15) is 0 Å². The number of rotatable bonds is 2. The van der Waals surface area contributed by atoms with Gasteiger partial charge in [-0.1, -0.05) is 11.6 Å². The summed E-state index contributed by atoms with van der Waals surface area (Å²) < 4.78 is 0. The van der Waals surface area contributed by atoms with E-state index in [0.29, 0.717) is 10.2 Å². The van der Waals surface area contributed by atoms with Gasteiger partial charge >= 0.3 is 0 Å². The van der Waals surface area contributed by atoms with Crippen molar-refractivity contribution in [3.8, 4) is 0 Å². The summed E-state index contributed by atoms with van der Waals surface area (Å²) in [7, 11) is 0. The molecule has 0 aliphatic rings. The molecule has 0 aliphatic carbocycles. The molecule has 0 aromatic carbocycles. The number of hydrogen-bond acceptors (Lipinski definition) is 5. The van der Waals surface area contributed by atoms with Gasteiger partial charge in [0, 0.05) is 12.4 Å². The molecule has 2 rings (SSSR count). The normalized spacial score (nSPS) is 10.1. The molecule has 2 heterocycles. The van der Waals surface area contributed by atoms with Crippen molar-refractivity contribution in [1.29, 1.82) is 0 Å². The highest BCUT2D eigenvalue weighted by molar-refractivity contribution is 7.99. The molecule has 0 saturated heterocycles. The Morgan fingerprint density at radius 2 is 1.86 bits per heavy atom. The van der Waals surface area contributed by atoms with Crippen molar-refractivity contribution in [3.05, 3.63) is 36.1 Å². The van der Waals surface area contributed by atoms with Gasteiger partial charge in [0.1, 0.15) is 15.2 Å². The van der Waals surface area contributed by atoms with E-state index in [1.165, 1.54) is 18.0 Å². The Labute approximate surface area is 89.8 Å². The summed E-state index contributed by atoms with van der Waals surface area (Å²) in [6, 6.07) is 0. The molecule has 6 heteroatoms. The van der Waals surface area contributed by atoms with E-state index in [0.717, 1.165) is 5.03 Å². The summed E-state index contributed by atoms with van der Waals surface area (Å²) in [5, 5.41) is 1.85. The lowest BCUT2D eigenvalue weighted by Gasteiger charge is -1.97. The predicted molar refractivity (Wildman–Crippen MR) is 53.2 cm³/mol. The van der Waals surface area contributed by atoms with Crippen molar-refractivity contribution in [3.63, 3.8) is 0 Å². The lowest BCUT2D eigenvalue weighted by molar-refractivity contribution is 1.02. The van der Waals surface area contributed by atoms with Gasteiger partial charge in [-0.25, -0.2) is 9.97 Å². The van der Waals surface area contributed by atoms with E-state index < -0.39 is 0 Å². The summed E-state index contributed by atoms with van der Waals surface area (Å²) in [5.74, 6) is 0. The Kier molecular flexibility index (Phi) is 2.90. The van der Waals surface area contributed by atoms with Gasteiger partial charge < -0.3 is 0 Å². The SMILES string of the molecule is Clc1cncc(Sc2cnccn2)n1. The Balaban J connectivity index is 2.19. The molecule has 0 amide bonds. The number of nitrogens with zero attached hydrogens (tertiary/aromatic N) is 4. The average Bonchev–Trinajstić information content (AvgIpc) is 2.19. The number of aromatic nitrogens is 4. The molecule has 0 bridgehead atoms. The maximum Gasteiger partial charge on any atom is 0.148 e. The van der Waals surface area contributed by atoms with Crippen LogP contribution in [0.3, 0.4) is 0 Å². The quantitative estimate of drug-likeness (QED) is 0.782. The van der Waals surface area contributed by atoms with Crippen molar-refractivity contribution in [1.82, 2.24) is 19.9 Å². The Morgan fingerprint density at radius 3 is 2.57 bits per heavy atom. The van der Waals surface area contributed by atoms with Gasteiger partial charge in [0.15, 0.2) is 0 Å². The van der Waals surface area contributed by atoms with Crippen LogP contribution in [0.25, 0.3) is 0 Å². The minimum atomic E-state index is 0.374. The predicted octanol–water partition coefficient (Wildman–Crippen LogP) is 2.07. The summed E-state index contributed by atoms with van der Waals surface area (Å²) >= 11 is 7.06. The monoisotopic (exact) mass is 224 g/mol. The standard InChI is InChI=1S/C8H5ClN4S/c9-6-3-11-5-8(13-6)14-7-4-10-1-2-12-7/h1-5H. The molecular weight excluding hydrogens is 220 g/mol. The molecule has 14 heavy (non-hydrogen) atoms. The fourth-order valence-corrected chi connectivity index (χ4v) is 1.72. The summed E-state index contributed by atoms with van der Waals surface area (Å²) in [6.45, 7) is 0. The maximum absolute atomic E-state index is 5.69. The zero-order valence-electron chi connectivity index (χ0n) is 6.96. The number of halogens is 1. The summed E-state index contributed by atoms with van der Waals surface area (Å²) in [4.78, 5) is 16.0. The zero-order valence-corrected chi connectivity index (χ0v) is 8.53. The second kappa shape index (κ2) is 4.34. The van der Waals surface area contributed by atoms with Crippen molar-refractivity contribution in [2.45, 2.75) is 10.1 Å². The fourth-order valence-electron chi connectivity index (χ4n) is 0.820. The van der Waals surface area contributed by atoms with Crippen LogP contribution in [0.5, 0.6) is 0 Å². The van der Waals surface area contributed by atoms with Crippen LogP contribution in [0, 0.1) is 0 Å². The minimum absolute atomic E-state index is 0.374. The smallest absolute Gasteiger partial charge is 0.148 e. The molecule has 2 aromatic heterocycles. The molecule has 0 saturated carbocycles. The lowest BCUT2D eigenvalue weighted by atomic mass is 10.8. The molecule has 0 spiro atoms. The third-order valence-corrected chi connectivity index (χ3v) is 2.34. The van der Waals surface area contributed by atoms with Crippen LogP contribution >= 0.6 is 23.4 Å². The van der Waals surface area contributed by atoms with Gasteiger partial charge in [0.05, 0.1) is 18.6 Å². The van der Waals surface area contributed by atoms with Crippen molar-refractivity contribution < 1.29 is 0 Å². The van der Waals surface area contributed by atoms with Gasteiger partial charge in [-0.2, -0.15) is 0 Å². The Bertz CT molecular complexity index is 423. The van der Waals surface area contributed by atoms with Gasteiger partial charge in [-0.15, -0.1) is 0 Å². The van der Waals surface area contributed by atoms with Gasteiger partial charge in [-0.05, 0) is 11.8 Å². The van der Waals surface area contributed by atoms with Crippen molar-refractivity contribution >= 4 is 23.4 Å². The average molecular weight is 225 g/mol. The van der Waals surface area contributed by atoms with Crippen LogP contribution in [-0.2, 0) is 0 Å². The van der Waals surface area contributed by atoms with E-state index in [1.54, 1.807) is 24.8 Å². The van der Waals surface area contributed by atoms with E-state index in [1.807, 2.05) is 0 Å². The largest absolute Gasteiger partial charge is 0.260 e. The summed E-state index contributed by atoms with van der Waals surface area (Å²) in [5.41, 5.74) is 0. The molecule has 0 unspecified atom stereocenters. The third-order valence-electron chi connectivity index (χ3n) is 1.33. The van der Waals surface area contributed by atoms with Crippen LogP contribution in [-0.4, -0.2) is 19.9 Å². The van der Waals surface area contributed by atoms with Crippen LogP contribution in [0.15, 0.2) is 41.0 Å². The van der Waals surface area contributed by atoms with Crippen molar-refractivity contribution in [2.24, 2.45) is 0 Å². The second-order valence-electron chi connectivity index (χ2n) is 2.33. The number of hydrogen-bond donors (Lipinski definition) is 0. The Hall–Kier alpha value is -1.20. The van der Waals surface area contributed by atoms with Gasteiger partial charge in [-0.3, -0.25) is 9.97 Å². The van der Waals surface area contributed by atoms with Crippen LogP contribution in [0.4, 0.5) is 0 Å². The first-order valence-electron chi connectivity index (χ1n) is 3.76. The zero-order chi connectivity index (χ0) is 9.80. The second-order valence-corrected chi connectivity index (χ2v) is 3.75. The molecule has 4 nitrogen and oxygen atoms in total. The molecule has 0 radical (unpaired) electrons. The summed E-state index contributed by atoms with van der Waals surface area (Å²) in [6.07, 6.45) is 8.02. The molecular formula is C8H5ClN4S. The first-order chi connectivity index (χ1) is 6.84. The molecule has 0 aliphatic heterocycles. The molecule has 0 fully saturated rings. The van der Waals surface area contributed by atoms with Crippen LogP contribution in [0.2, 0.25) is 5.15 Å². The maximum atomic E-state index is 5.69. The van der Waals surface area contributed by atoms with E-state index >= 15 is 0 Å². The van der Waals surface area contributed by atoms with Crippen LogP contribution in [0.1, 0.15) is 0 Å². The molecule has 0 N–H and O–H groups in total.